The monoisotopic (exact) mass is 1240 g/mol. The van der Waals surface area contributed by atoms with Gasteiger partial charge in [-0.25, -0.2) is 0 Å². The van der Waals surface area contributed by atoms with Gasteiger partial charge in [-0.3, -0.25) is 62.3 Å². The molecule has 30 nitrogen and oxygen atoms in total. The zero-order valence-corrected chi connectivity index (χ0v) is 50.7. The molecule has 0 aliphatic rings. The van der Waals surface area contributed by atoms with E-state index < -0.39 is 170 Å². The molecule has 0 heterocycles. The maximum Gasteiger partial charge on any atom is 0.300 e. The third kappa shape index (κ3) is 32.2. The van der Waals surface area contributed by atoms with Crippen molar-refractivity contribution in [3.63, 3.8) is 0 Å². The molecule has 484 valence electrons. The predicted octanol–water partition coefficient (Wildman–Crippen LogP) is -4.93. The zero-order chi connectivity index (χ0) is 65.8. The smallest absolute Gasteiger partial charge is 0.300 e. The molecular weight excluding hydrogens is 1160 g/mol. The van der Waals surface area contributed by atoms with Crippen molar-refractivity contribution in [1.29, 1.82) is 0 Å². The number of carbonyl (C=O) groups is 13. The molecule has 0 saturated carbocycles. The van der Waals surface area contributed by atoms with Crippen LogP contribution in [0.3, 0.4) is 0 Å². The maximum absolute atomic E-state index is 14.4. The second-order valence-electron chi connectivity index (χ2n) is 20.7. The van der Waals surface area contributed by atoms with Crippen LogP contribution in [-0.4, -0.2) is 191 Å². The summed E-state index contributed by atoms with van der Waals surface area (Å²) >= 11 is 1.45. The van der Waals surface area contributed by atoms with Crippen LogP contribution in [0.1, 0.15) is 90.7 Å². The first-order chi connectivity index (χ1) is 41.0. The molecule has 21 N–H and O–H groups in total. The topological polar surface area (TPSA) is 507 Å². The lowest BCUT2D eigenvalue weighted by Gasteiger charge is -2.27. The number of amides is 12. The lowest BCUT2D eigenvalue weighted by molar-refractivity contribution is -0.136. The fourth-order valence-electron chi connectivity index (χ4n) is 7.90. The van der Waals surface area contributed by atoms with Gasteiger partial charge in [0.15, 0.2) is 0 Å². The molecule has 0 spiro atoms. The van der Waals surface area contributed by atoms with E-state index in [9.17, 15) is 67.7 Å². The SMILES string of the molecule is CC(=O)O.CSCC[C@H](NC(=O)[C@H](CC(C)C)NC(=O)CNC(=O)[C@H](Cc1ccccc1)NC(=O)[C@H](Cc1ccccc1)NC(=O)[C@H](CCC(N)=O)NC(=O)[C@H](CO)NC(=O)[C@H](C)NC(=O)[C@H](CCCCN)NC(=O)CNC(=O)[C@@H](N)[C@@H](C)O)C(N)=O. The first-order valence-corrected chi connectivity index (χ1v) is 29.5. The number of aliphatic hydroxyl groups is 2. The molecule has 0 aliphatic heterocycles. The summed E-state index contributed by atoms with van der Waals surface area (Å²) in [5.74, 6) is -10.8. The lowest BCUT2D eigenvalue weighted by atomic mass is 10.0. The first kappa shape index (κ1) is 76.8. The number of carbonyl (C=O) groups excluding carboxylic acids is 12. The lowest BCUT2D eigenvalue weighted by Crippen LogP contribution is -2.60. The number of carboxylic acid groups (broad SMARTS) is 1. The summed E-state index contributed by atoms with van der Waals surface area (Å²) in [5.41, 5.74) is 23.3. The molecule has 0 unspecified atom stereocenters. The van der Waals surface area contributed by atoms with Crippen molar-refractivity contribution < 1.29 is 77.6 Å². The highest BCUT2D eigenvalue weighted by Crippen LogP contribution is 2.11. The van der Waals surface area contributed by atoms with E-state index in [1.54, 1.807) is 60.7 Å². The van der Waals surface area contributed by atoms with Gasteiger partial charge in [0.2, 0.25) is 70.9 Å². The molecule has 87 heavy (non-hydrogen) atoms. The summed E-state index contributed by atoms with van der Waals surface area (Å²) in [4.78, 5) is 168. The Morgan fingerprint density at radius 1 is 0.529 bits per heavy atom. The van der Waals surface area contributed by atoms with Gasteiger partial charge in [-0.2, -0.15) is 11.8 Å². The standard InChI is InChI=1S/C54H84N14O14S.C2H4O2/c1-30(2)24-38(51(79)64-35(46(58)74)21-23-83-5)63-44(73)27-59-48(76)39(25-33-14-8-6-9-15-33)66-52(80)40(26-34-16-10-7-11-17-34)67-50(78)37(19-20-42(56)71)65-53(81)41(29-69)68-47(75)31(3)61-49(77)36(18-12-13-22-55)62-43(72)28-60-54(82)45(57)32(4)70;1-2(3)4/h6-11,14-17,30-32,35-41,45,69-70H,12-13,18-29,55,57H2,1-5H3,(H2,56,71)(H2,58,74)(H,59,76)(H,60,82)(H,61,77)(H,62,72)(H,63,73)(H,64,79)(H,65,81)(H,66,80)(H,67,78)(H,68,75);1H3,(H,3,4)/t31-,32+,35-,36-,37-,38-,39-,40-,41-,45-;/m0./s1. The number of primary amides is 2. The Kier molecular flexibility index (Phi) is 36.8. The number of aliphatic hydroxyl groups excluding tert-OH is 2. The van der Waals surface area contributed by atoms with Crippen LogP contribution in [0.5, 0.6) is 0 Å². The van der Waals surface area contributed by atoms with Crippen molar-refractivity contribution in [3.8, 4) is 0 Å². The number of carboxylic acids is 1. The number of hydrogen-bond acceptors (Lipinski definition) is 18. The Hall–Kier alpha value is -8.26. The van der Waals surface area contributed by atoms with Crippen LogP contribution in [-0.2, 0) is 75.2 Å². The van der Waals surface area contributed by atoms with Crippen molar-refractivity contribution in [2.24, 2.45) is 28.9 Å². The minimum absolute atomic E-state index is 0.0588. The minimum atomic E-state index is -1.77. The number of unbranched alkanes of at least 4 members (excludes halogenated alkanes) is 1. The van der Waals surface area contributed by atoms with Gasteiger partial charge in [0.25, 0.3) is 5.97 Å². The summed E-state index contributed by atoms with van der Waals surface area (Å²) in [7, 11) is 0. The normalized spacial score (nSPS) is 14.2. The van der Waals surface area contributed by atoms with E-state index in [0.29, 0.717) is 29.7 Å². The third-order valence-corrected chi connectivity index (χ3v) is 13.3. The summed E-state index contributed by atoms with van der Waals surface area (Å²) in [6, 6.07) is 4.55. The Morgan fingerprint density at radius 3 is 1.43 bits per heavy atom. The van der Waals surface area contributed by atoms with Gasteiger partial charge in [-0.1, -0.05) is 74.5 Å². The molecule has 2 aromatic rings. The number of rotatable bonds is 39. The van der Waals surface area contributed by atoms with Gasteiger partial charge in [-0.15, -0.1) is 0 Å². The van der Waals surface area contributed by atoms with E-state index in [2.05, 4.69) is 53.2 Å². The van der Waals surface area contributed by atoms with E-state index in [1.807, 2.05) is 20.1 Å². The van der Waals surface area contributed by atoms with Crippen LogP contribution < -0.4 is 76.1 Å². The van der Waals surface area contributed by atoms with Crippen LogP contribution in [0.2, 0.25) is 0 Å². The number of nitrogens with two attached hydrogens (primary N) is 4. The van der Waals surface area contributed by atoms with Gasteiger partial charge in [0, 0.05) is 26.2 Å². The van der Waals surface area contributed by atoms with Crippen LogP contribution >= 0.6 is 11.8 Å². The summed E-state index contributed by atoms with van der Waals surface area (Å²) < 4.78 is 0. The number of benzene rings is 2. The summed E-state index contributed by atoms with van der Waals surface area (Å²) in [5, 5.41) is 52.0. The maximum atomic E-state index is 14.4. The van der Waals surface area contributed by atoms with E-state index in [-0.39, 0.29) is 44.6 Å². The predicted molar refractivity (Wildman–Crippen MR) is 320 cm³/mol. The van der Waals surface area contributed by atoms with E-state index in [1.165, 1.54) is 25.6 Å². The first-order valence-electron chi connectivity index (χ1n) is 28.1. The average molecular weight is 1250 g/mol. The Labute approximate surface area is 509 Å². The molecule has 0 aliphatic carbocycles. The molecule has 0 saturated heterocycles. The van der Waals surface area contributed by atoms with Crippen molar-refractivity contribution in [2.45, 2.75) is 153 Å². The molecule has 0 radical (unpaired) electrons. The Bertz CT molecular complexity index is 2580. The van der Waals surface area contributed by atoms with Gasteiger partial charge in [-0.05, 0) is 88.0 Å². The largest absolute Gasteiger partial charge is 0.481 e. The molecular formula is C56H88N14O16S. The number of nitrogens with one attached hydrogen (secondary N) is 10. The van der Waals surface area contributed by atoms with Crippen LogP contribution in [0, 0.1) is 5.92 Å². The summed E-state index contributed by atoms with van der Waals surface area (Å²) in [6.07, 6.45) is 0.726. The third-order valence-electron chi connectivity index (χ3n) is 12.6. The molecule has 0 fully saturated rings. The molecule has 0 aromatic heterocycles. The Morgan fingerprint density at radius 2 is 0.954 bits per heavy atom. The van der Waals surface area contributed by atoms with Crippen molar-refractivity contribution in [3.05, 3.63) is 71.8 Å². The van der Waals surface area contributed by atoms with Gasteiger partial charge >= 0.3 is 0 Å². The molecule has 2 rings (SSSR count). The quantitative estimate of drug-likeness (QED) is 0.0279. The van der Waals surface area contributed by atoms with Crippen LogP contribution in [0.25, 0.3) is 0 Å². The Balaban J connectivity index is 0.00000915. The molecule has 0 bridgehead atoms. The van der Waals surface area contributed by atoms with Crippen molar-refractivity contribution in [1.82, 2.24) is 53.2 Å². The molecule has 2 aromatic carbocycles. The minimum Gasteiger partial charge on any atom is -0.481 e. The van der Waals surface area contributed by atoms with E-state index in [4.69, 9.17) is 32.8 Å². The average Bonchev–Trinajstić information content (AvgIpc) is 3.34. The molecule has 12 amide bonds. The van der Waals surface area contributed by atoms with Crippen LogP contribution in [0.4, 0.5) is 0 Å². The highest BCUT2D eigenvalue weighted by molar-refractivity contribution is 7.98. The second-order valence-corrected chi connectivity index (χ2v) is 21.6. The highest BCUT2D eigenvalue weighted by Gasteiger charge is 2.34. The number of thioether (sulfide) groups is 1. The number of aliphatic carboxylic acids is 1. The van der Waals surface area contributed by atoms with E-state index in [0.717, 1.165) is 6.92 Å². The number of hydrogen-bond donors (Lipinski definition) is 17. The zero-order valence-electron chi connectivity index (χ0n) is 49.9. The summed E-state index contributed by atoms with van der Waals surface area (Å²) in [6.45, 7) is 5.23. The van der Waals surface area contributed by atoms with Crippen molar-refractivity contribution in [2.75, 3.05) is 38.2 Å². The fraction of sp³-hybridized carbons (Fsp3) is 0.554. The fourth-order valence-corrected chi connectivity index (χ4v) is 8.38. The van der Waals surface area contributed by atoms with Crippen molar-refractivity contribution >= 4 is 88.6 Å². The highest BCUT2D eigenvalue weighted by atomic mass is 32.2. The second kappa shape index (κ2) is 41.7. The van der Waals surface area contributed by atoms with Gasteiger partial charge in [0.05, 0.1) is 25.8 Å². The molecule has 10 atom stereocenters. The van der Waals surface area contributed by atoms with E-state index >= 15 is 0 Å². The van der Waals surface area contributed by atoms with Gasteiger partial charge < -0.3 is 91.4 Å². The molecule has 31 heteroatoms. The van der Waals surface area contributed by atoms with Crippen LogP contribution in [0.15, 0.2) is 60.7 Å². The van der Waals surface area contributed by atoms with Gasteiger partial charge in [0.1, 0.15) is 54.4 Å².